The Morgan fingerprint density at radius 3 is 2.85 bits per heavy atom. The van der Waals surface area contributed by atoms with Gasteiger partial charge in [0, 0.05) is 32.9 Å². The van der Waals surface area contributed by atoms with Crippen LogP contribution in [0, 0.1) is 0 Å². The number of anilines is 1. The first-order valence-corrected chi connectivity index (χ1v) is 7.81. The predicted molar refractivity (Wildman–Crippen MR) is 87.8 cm³/mol. The van der Waals surface area contributed by atoms with Gasteiger partial charge in [-0.1, -0.05) is 24.6 Å². The smallest absolute Gasteiger partial charge is 0.0934 e. The van der Waals surface area contributed by atoms with Crippen LogP contribution in [0.2, 0.25) is 5.02 Å². The third-order valence-corrected chi connectivity index (χ3v) is 4.64. The second-order valence-corrected chi connectivity index (χ2v) is 6.29. The highest BCUT2D eigenvalue weighted by atomic mass is 35.5. The maximum Gasteiger partial charge on any atom is 0.0934 e. The minimum atomic E-state index is 0.730. The molecule has 0 fully saturated rings. The van der Waals surface area contributed by atoms with Crippen molar-refractivity contribution in [1.29, 1.82) is 0 Å². The summed E-state index contributed by atoms with van der Waals surface area (Å²) in [6, 6.07) is 12.2. The molecule has 20 heavy (non-hydrogen) atoms. The summed E-state index contributed by atoms with van der Waals surface area (Å²) in [4.78, 5) is 7.18. The number of aryl methyl sites for hydroxylation is 1. The number of halogens is 1. The molecule has 0 aliphatic carbocycles. The van der Waals surface area contributed by atoms with Gasteiger partial charge in [-0.2, -0.15) is 0 Å². The van der Waals surface area contributed by atoms with E-state index in [-0.39, 0.29) is 0 Å². The molecule has 0 aliphatic heterocycles. The van der Waals surface area contributed by atoms with Crippen LogP contribution < -0.4 is 5.32 Å². The van der Waals surface area contributed by atoms with E-state index in [1.54, 1.807) is 0 Å². The van der Waals surface area contributed by atoms with Gasteiger partial charge in [0.05, 0.1) is 11.2 Å². The molecule has 1 N–H and O–H groups in total. The number of benzene rings is 1. The summed E-state index contributed by atoms with van der Waals surface area (Å²) in [5.41, 5.74) is 1.95. The SMILES string of the molecule is CCc1ccc(CNc2cc(Cl)cc3cccnc23)s1. The average Bonchev–Trinajstić information content (AvgIpc) is 2.92. The molecule has 0 radical (unpaired) electrons. The van der Waals surface area contributed by atoms with Gasteiger partial charge >= 0.3 is 0 Å². The molecule has 0 aliphatic rings. The molecule has 2 heterocycles. The number of pyridine rings is 1. The number of nitrogens with one attached hydrogen (secondary N) is 1. The Bertz CT molecular complexity index is 736. The summed E-state index contributed by atoms with van der Waals surface area (Å²) in [5, 5.41) is 5.23. The first-order valence-electron chi connectivity index (χ1n) is 6.62. The van der Waals surface area contributed by atoms with Crippen molar-refractivity contribution in [1.82, 2.24) is 4.98 Å². The monoisotopic (exact) mass is 302 g/mol. The van der Waals surface area contributed by atoms with Crippen LogP contribution in [-0.4, -0.2) is 4.98 Å². The molecule has 4 heteroatoms. The van der Waals surface area contributed by atoms with Crippen LogP contribution in [0.15, 0.2) is 42.6 Å². The van der Waals surface area contributed by atoms with Gasteiger partial charge in [0.15, 0.2) is 0 Å². The van der Waals surface area contributed by atoms with E-state index in [9.17, 15) is 0 Å². The Morgan fingerprint density at radius 1 is 1.20 bits per heavy atom. The predicted octanol–water partition coefficient (Wildman–Crippen LogP) is 5.12. The molecule has 2 aromatic heterocycles. The minimum absolute atomic E-state index is 0.730. The molecule has 1 aromatic carbocycles. The summed E-state index contributed by atoms with van der Waals surface area (Å²) in [7, 11) is 0. The van der Waals surface area contributed by atoms with Crippen molar-refractivity contribution in [3.05, 3.63) is 57.4 Å². The summed E-state index contributed by atoms with van der Waals surface area (Å²) in [6.45, 7) is 2.98. The number of aromatic nitrogens is 1. The lowest BCUT2D eigenvalue weighted by molar-refractivity contribution is 1.19. The Balaban J connectivity index is 1.86. The van der Waals surface area contributed by atoms with Gasteiger partial charge in [0.2, 0.25) is 0 Å². The van der Waals surface area contributed by atoms with Crippen molar-refractivity contribution < 1.29 is 0 Å². The molecular formula is C16H15ClN2S. The Morgan fingerprint density at radius 2 is 2.05 bits per heavy atom. The average molecular weight is 303 g/mol. The van der Waals surface area contributed by atoms with Gasteiger partial charge in [-0.25, -0.2) is 0 Å². The highest BCUT2D eigenvalue weighted by Crippen LogP contribution is 2.27. The van der Waals surface area contributed by atoms with E-state index in [1.165, 1.54) is 9.75 Å². The van der Waals surface area contributed by atoms with Crippen molar-refractivity contribution in [2.45, 2.75) is 19.9 Å². The fraction of sp³-hybridized carbons (Fsp3) is 0.188. The zero-order chi connectivity index (χ0) is 13.9. The van der Waals surface area contributed by atoms with Crippen molar-refractivity contribution in [2.24, 2.45) is 0 Å². The highest BCUT2D eigenvalue weighted by molar-refractivity contribution is 7.12. The molecule has 102 valence electrons. The van der Waals surface area contributed by atoms with Crippen LogP contribution in [0.5, 0.6) is 0 Å². The molecule has 0 spiro atoms. The summed E-state index contributed by atoms with van der Waals surface area (Å²) < 4.78 is 0. The van der Waals surface area contributed by atoms with E-state index < -0.39 is 0 Å². The van der Waals surface area contributed by atoms with E-state index in [4.69, 9.17) is 11.6 Å². The number of fused-ring (bicyclic) bond motifs is 1. The molecule has 0 saturated carbocycles. The van der Waals surface area contributed by atoms with Crippen LogP contribution in [0.25, 0.3) is 10.9 Å². The third kappa shape index (κ3) is 2.79. The Hall–Kier alpha value is -1.58. The lowest BCUT2D eigenvalue weighted by Crippen LogP contribution is -1.99. The molecule has 3 rings (SSSR count). The fourth-order valence-electron chi connectivity index (χ4n) is 2.18. The zero-order valence-electron chi connectivity index (χ0n) is 11.2. The van der Waals surface area contributed by atoms with Gasteiger partial charge in [0.25, 0.3) is 0 Å². The van der Waals surface area contributed by atoms with E-state index >= 15 is 0 Å². The topological polar surface area (TPSA) is 24.9 Å². The Kier molecular flexibility index (Phi) is 3.90. The van der Waals surface area contributed by atoms with Crippen LogP contribution in [0.4, 0.5) is 5.69 Å². The maximum atomic E-state index is 6.17. The number of hydrogen-bond donors (Lipinski definition) is 1. The van der Waals surface area contributed by atoms with Gasteiger partial charge in [-0.15, -0.1) is 11.3 Å². The molecular weight excluding hydrogens is 288 g/mol. The summed E-state index contributed by atoms with van der Waals surface area (Å²) in [5.74, 6) is 0. The van der Waals surface area contributed by atoms with Gasteiger partial charge in [-0.3, -0.25) is 4.98 Å². The molecule has 3 aromatic rings. The van der Waals surface area contributed by atoms with E-state index in [0.29, 0.717) is 0 Å². The lowest BCUT2D eigenvalue weighted by atomic mass is 10.2. The number of rotatable bonds is 4. The molecule has 0 unspecified atom stereocenters. The van der Waals surface area contributed by atoms with E-state index in [2.05, 4.69) is 29.4 Å². The molecule has 0 amide bonds. The zero-order valence-corrected chi connectivity index (χ0v) is 12.8. The lowest BCUT2D eigenvalue weighted by Gasteiger charge is -2.09. The van der Waals surface area contributed by atoms with Gasteiger partial charge in [-0.05, 0) is 36.8 Å². The van der Waals surface area contributed by atoms with Crippen molar-refractivity contribution in [2.75, 3.05) is 5.32 Å². The normalized spacial score (nSPS) is 10.9. The molecule has 0 saturated heterocycles. The quantitative estimate of drug-likeness (QED) is 0.723. The minimum Gasteiger partial charge on any atom is -0.378 e. The second-order valence-electron chi connectivity index (χ2n) is 4.60. The van der Waals surface area contributed by atoms with Crippen LogP contribution in [-0.2, 0) is 13.0 Å². The van der Waals surface area contributed by atoms with Gasteiger partial charge < -0.3 is 5.32 Å². The molecule has 0 bridgehead atoms. The summed E-state index contributed by atoms with van der Waals surface area (Å²) in [6.07, 6.45) is 2.90. The third-order valence-electron chi connectivity index (χ3n) is 3.19. The van der Waals surface area contributed by atoms with Crippen molar-refractivity contribution >= 4 is 39.5 Å². The van der Waals surface area contributed by atoms with Crippen molar-refractivity contribution in [3.8, 4) is 0 Å². The van der Waals surface area contributed by atoms with Crippen LogP contribution in [0.1, 0.15) is 16.7 Å². The number of nitrogens with zero attached hydrogens (tertiary/aromatic N) is 1. The number of hydrogen-bond acceptors (Lipinski definition) is 3. The molecule has 2 nitrogen and oxygen atoms in total. The maximum absolute atomic E-state index is 6.17. The fourth-order valence-corrected chi connectivity index (χ4v) is 3.30. The second kappa shape index (κ2) is 5.81. The first kappa shape index (κ1) is 13.4. The van der Waals surface area contributed by atoms with E-state index in [1.807, 2.05) is 41.8 Å². The van der Waals surface area contributed by atoms with E-state index in [0.717, 1.165) is 34.6 Å². The Labute approximate surface area is 127 Å². The highest BCUT2D eigenvalue weighted by Gasteiger charge is 2.05. The summed E-state index contributed by atoms with van der Waals surface area (Å²) >= 11 is 8.01. The number of thiophene rings is 1. The molecule has 0 atom stereocenters. The van der Waals surface area contributed by atoms with Gasteiger partial charge in [0.1, 0.15) is 0 Å². The standard InChI is InChI=1S/C16H15ClN2S/c1-2-13-5-6-14(20-13)10-19-15-9-12(17)8-11-4-3-7-18-16(11)15/h3-9,19H,2,10H2,1H3. The van der Waals surface area contributed by atoms with Crippen molar-refractivity contribution in [3.63, 3.8) is 0 Å². The van der Waals surface area contributed by atoms with Crippen LogP contribution >= 0.6 is 22.9 Å². The van der Waals surface area contributed by atoms with Crippen LogP contribution in [0.3, 0.4) is 0 Å². The largest absolute Gasteiger partial charge is 0.378 e. The first-order chi connectivity index (χ1) is 9.76.